The fraction of sp³-hybridized carbons (Fsp3) is 0.100. The van der Waals surface area contributed by atoms with Crippen molar-refractivity contribution >= 4 is 23.1 Å². The van der Waals surface area contributed by atoms with Gasteiger partial charge < -0.3 is 10.6 Å². The van der Waals surface area contributed by atoms with Crippen molar-refractivity contribution in [3.63, 3.8) is 0 Å². The van der Waals surface area contributed by atoms with E-state index in [1.165, 1.54) is 25.5 Å². The van der Waals surface area contributed by atoms with Gasteiger partial charge in [-0.2, -0.15) is 5.10 Å². The van der Waals surface area contributed by atoms with Crippen molar-refractivity contribution in [3.05, 3.63) is 83.1 Å². The Balaban J connectivity index is 1.45. The van der Waals surface area contributed by atoms with Crippen LogP contribution in [0.2, 0.25) is 0 Å². The van der Waals surface area contributed by atoms with E-state index in [-0.39, 0.29) is 11.3 Å². The smallest absolute Gasteiger partial charge is 0.276 e. The standard InChI is InChI=1S/C20H18N8O2/c1-13-21-9-10-28(13)18-11-17(22-12-23-18)24-14-3-5-15(6-4-14)25-20(30)16-7-8-19(29)27(2)26-16/h3-12H,1-2H3,(H,25,30)(H,22,23,24). The molecule has 10 heteroatoms. The van der Waals surface area contributed by atoms with E-state index in [2.05, 4.69) is 30.7 Å². The number of nitrogens with one attached hydrogen (secondary N) is 2. The van der Waals surface area contributed by atoms with Crippen molar-refractivity contribution in [2.45, 2.75) is 6.92 Å². The van der Waals surface area contributed by atoms with Crippen molar-refractivity contribution in [2.75, 3.05) is 10.6 Å². The van der Waals surface area contributed by atoms with E-state index in [1.807, 2.05) is 35.9 Å². The third kappa shape index (κ3) is 4.07. The topological polar surface area (TPSA) is 120 Å². The Morgan fingerprint density at radius 3 is 2.47 bits per heavy atom. The van der Waals surface area contributed by atoms with Crippen molar-refractivity contribution < 1.29 is 4.79 Å². The molecule has 150 valence electrons. The minimum Gasteiger partial charge on any atom is -0.340 e. The van der Waals surface area contributed by atoms with Crippen LogP contribution in [0.4, 0.5) is 17.2 Å². The summed E-state index contributed by atoms with van der Waals surface area (Å²) in [7, 11) is 1.49. The van der Waals surface area contributed by atoms with E-state index in [9.17, 15) is 9.59 Å². The van der Waals surface area contributed by atoms with Crippen LogP contribution in [0, 0.1) is 6.92 Å². The van der Waals surface area contributed by atoms with Crippen LogP contribution >= 0.6 is 0 Å². The summed E-state index contributed by atoms with van der Waals surface area (Å²) in [6.45, 7) is 1.90. The van der Waals surface area contributed by atoms with Gasteiger partial charge in [0, 0.05) is 42.9 Å². The third-order valence-corrected chi connectivity index (χ3v) is 4.33. The monoisotopic (exact) mass is 402 g/mol. The van der Waals surface area contributed by atoms with E-state index in [1.54, 1.807) is 18.3 Å². The Hall–Kier alpha value is -4.34. The Morgan fingerprint density at radius 1 is 1.00 bits per heavy atom. The fourth-order valence-corrected chi connectivity index (χ4v) is 2.77. The van der Waals surface area contributed by atoms with Crippen LogP contribution in [0.1, 0.15) is 16.3 Å². The van der Waals surface area contributed by atoms with Gasteiger partial charge in [-0.3, -0.25) is 14.2 Å². The van der Waals surface area contributed by atoms with E-state index < -0.39 is 5.91 Å². The Bertz CT molecular complexity index is 1260. The van der Waals surface area contributed by atoms with Crippen LogP contribution in [0.3, 0.4) is 0 Å². The molecule has 0 fully saturated rings. The zero-order chi connectivity index (χ0) is 21.1. The molecule has 2 N–H and O–H groups in total. The summed E-state index contributed by atoms with van der Waals surface area (Å²) < 4.78 is 2.97. The summed E-state index contributed by atoms with van der Waals surface area (Å²) in [6, 6.07) is 11.6. The van der Waals surface area contributed by atoms with Gasteiger partial charge in [0.05, 0.1) is 0 Å². The minimum atomic E-state index is -0.401. The molecule has 4 rings (SSSR count). The summed E-state index contributed by atoms with van der Waals surface area (Å²) >= 11 is 0. The van der Waals surface area contributed by atoms with Gasteiger partial charge in [0.15, 0.2) is 0 Å². The molecule has 1 aromatic carbocycles. The molecule has 0 atom stereocenters. The summed E-state index contributed by atoms with van der Waals surface area (Å²) in [5.41, 5.74) is 1.26. The first-order valence-electron chi connectivity index (χ1n) is 9.05. The normalized spacial score (nSPS) is 10.6. The molecule has 3 aromatic heterocycles. The van der Waals surface area contributed by atoms with Gasteiger partial charge in [0.2, 0.25) is 0 Å². The van der Waals surface area contributed by atoms with Gasteiger partial charge >= 0.3 is 0 Å². The van der Waals surface area contributed by atoms with Crippen LogP contribution in [0.5, 0.6) is 0 Å². The summed E-state index contributed by atoms with van der Waals surface area (Å²) in [6.07, 6.45) is 5.02. The van der Waals surface area contributed by atoms with Gasteiger partial charge in [-0.05, 0) is 37.3 Å². The highest BCUT2D eigenvalue weighted by Crippen LogP contribution is 2.19. The Labute approximate surface area is 171 Å². The molecule has 0 saturated carbocycles. The van der Waals surface area contributed by atoms with E-state index in [4.69, 9.17) is 0 Å². The number of hydrogen-bond donors (Lipinski definition) is 2. The Kier molecular flexibility index (Phi) is 5.04. The molecular weight excluding hydrogens is 384 g/mol. The number of benzene rings is 1. The number of aromatic nitrogens is 6. The van der Waals surface area contributed by atoms with Crippen molar-refractivity contribution in [3.8, 4) is 5.82 Å². The number of carbonyl (C=O) groups is 1. The lowest BCUT2D eigenvalue weighted by Gasteiger charge is -2.10. The fourth-order valence-electron chi connectivity index (χ4n) is 2.77. The highest BCUT2D eigenvalue weighted by Gasteiger charge is 2.09. The minimum absolute atomic E-state index is 0.155. The van der Waals surface area contributed by atoms with Gasteiger partial charge in [-0.25, -0.2) is 19.6 Å². The number of amides is 1. The summed E-state index contributed by atoms with van der Waals surface area (Å²) in [4.78, 5) is 36.4. The molecule has 0 unspecified atom stereocenters. The molecule has 4 aromatic rings. The molecule has 0 bridgehead atoms. The largest absolute Gasteiger partial charge is 0.340 e. The zero-order valence-electron chi connectivity index (χ0n) is 16.3. The molecule has 10 nitrogen and oxygen atoms in total. The average molecular weight is 402 g/mol. The first-order valence-corrected chi connectivity index (χ1v) is 9.05. The molecule has 0 aliphatic carbocycles. The highest BCUT2D eigenvalue weighted by molar-refractivity contribution is 6.02. The van der Waals surface area contributed by atoms with E-state index in [0.29, 0.717) is 17.3 Å². The first kappa shape index (κ1) is 19.0. The quantitative estimate of drug-likeness (QED) is 0.524. The number of nitrogens with zero attached hydrogens (tertiary/aromatic N) is 6. The predicted molar refractivity (Wildman–Crippen MR) is 111 cm³/mol. The number of hydrogen-bond acceptors (Lipinski definition) is 7. The lowest BCUT2D eigenvalue weighted by molar-refractivity contribution is 0.102. The maximum atomic E-state index is 12.3. The van der Waals surface area contributed by atoms with Crippen LogP contribution in [-0.2, 0) is 7.05 Å². The van der Waals surface area contributed by atoms with Gasteiger partial charge in [0.25, 0.3) is 11.5 Å². The third-order valence-electron chi connectivity index (χ3n) is 4.33. The van der Waals surface area contributed by atoms with Crippen molar-refractivity contribution in [2.24, 2.45) is 7.05 Å². The lowest BCUT2D eigenvalue weighted by atomic mass is 10.2. The molecule has 0 spiro atoms. The Morgan fingerprint density at radius 2 is 1.77 bits per heavy atom. The number of rotatable bonds is 5. The first-order chi connectivity index (χ1) is 14.5. The van der Waals surface area contributed by atoms with Crippen molar-refractivity contribution in [1.82, 2.24) is 29.3 Å². The molecule has 0 aliphatic heterocycles. The molecular formula is C20H18N8O2. The van der Waals surface area contributed by atoms with Crippen LogP contribution < -0.4 is 16.2 Å². The van der Waals surface area contributed by atoms with E-state index in [0.717, 1.165) is 16.2 Å². The predicted octanol–water partition coefficient (Wildman–Crippen LogP) is 2.06. The second-order valence-corrected chi connectivity index (χ2v) is 6.44. The molecule has 30 heavy (non-hydrogen) atoms. The lowest BCUT2D eigenvalue weighted by Crippen LogP contribution is -2.23. The number of aryl methyl sites for hydroxylation is 2. The maximum Gasteiger partial charge on any atom is 0.276 e. The summed E-state index contributed by atoms with van der Waals surface area (Å²) in [5, 5.41) is 9.89. The van der Waals surface area contributed by atoms with Gasteiger partial charge in [-0.15, -0.1) is 0 Å². The van der Waals surface area contributed by atoms with E-state index >= 15 is 0 Å². The van der Waals surface area contributed by atoms with Crippen molar-refractivity contribution in [1.29, 1.82) is 0 Å². The SMILES string of the molecule is Cc1nccn1-c1cc(Nc2ccc(NC(=O)c3ccc(=O)n(C)n3)cc2)ncn1. The maximum absolute atomic E-state index is 12.3. The number of imidazole rings is 1. The number of anilines is 3. The van der Waals surface area contributed by atoms with Crippen LogP contribution in [-0.4, -0.2) is 35.2 Å². The van der Waals surface area contributed by atoms with Gasteiger partial charge in [0.1, 0.15) is 29.5 Å². The zero-order valence-corrected chi connectivity index (χ0v) is 16.3. The van der Waals surface area contributed by atoms with Crippen LogP contribution in [0.25, 0.3) is 5.82 Å². The molecule has 0 radical (unpaired) electrons. The molecule has 1 amide bonds. The molecule has 0 saturated heterocycles. The second kappa shape index (κ2) is 7.95. The van der Waals surface area contributed by atoms with Crippen LogP contribution in [0.15, 0.2) is 66.0 Å². The average Bonchev–Trinajstić information content (AvgIpc) is 3.17. The summed E-state index contributed by atoms with van der Waals surface area (Å²) in [5.74, 6) is 1.76. The molecule has 3 heterocycles. The highest BCUT2D eigenvalue weighted by atomic mass is 16.2. The number of carbonyl (C=O) groups excluding carboxylic acids is 1. The molecule has 0 aliphatic rings. The second-order valence-electron chi connectivity index (χ2n) is 6.44. The van der Waals surface area contributed by atoms with Gasteiger partial charge in [-0.1, -0.05) is 0 Å².